The predicted octanol–water partition coefficient (Wildman–Crippen LogP) is 1.43. The number of benzene rings is 1. The van der Waals surface area contributed by atoms with Crippen LogP contribution in [0.3, 0.4) is 0 Å². The summed E-state index contributed by atoms with van der Waals surface area (Å²) in [6.45, 7) is -3.69. The van der Waals surface area contributed by atoms with Crippen LogP contribution in [-0.4, -0.2) is 37.2 Å². The molecule has 0 heterocycles. The number of carbonyl (C=O) groups excluding carboxylic acids is 3. The minimum Gasteiger partial charge on any atom is -0.452 e. The van der Waals surface area contributed by atoms with E-state index < -0.39 is 31.1 Å². The molecule has 1 aromatic rings. The molecule has 1 fully saturated rings. The normalized spacial score (nSPS) is 13.3. The number of nitrogens with one attached hydrogen (secondary N) is 2. The van der Waals surface area contributed by atoms with Gasteiger partial charge in [0.05, 0.1) is 5.56 Å². The Morgan fingerprint density at radius 1 is 1.26 bits per heavy atom. The van der Waals surface area contributed by atoms with Crippen LogP contribution in [0.1, 0.15) is 23.2 Å². The number of alkyl halides is 2. The number of esters is 1. The van der Waals surface area contributed by atoms with Gasteiger partial charge in [-0.05, 0) is 31.0 Å². The molecule has 23 heavy (non-hydrogen) atoms. The van der Waals surface area contributed by atoms with Crippen LogP contribution in [0.25, 0.3) is 0 Å². The van der Waals surface area contributed by atoms with Crippen molar-refractivity contribution in [2.45, 2.75) is 25.5 Å². The number of halogens is 2. The van der Waals surface area contributed by atoms with Crippen molar-refractivity contribution < 1.29 is 32.6 Å². The summed E-state index contributed by atoms with van der Waals surface area (Å²) in [5, 5.41) is 4.54. The minimum absolute atomic E-state index is 0.0571. The van der Waals surface area contributed by atoms with Crippen molar-refractivity contribution in [3.05, 3.63) is 29.8 Å². The Morgan fingerprint density at radius 2 is 2.00 bits per heavy atom. The molecule has 0 unspecified atom stereocenters. The van der Waals surface area contributed by atoms with Crippen LogP contribution in [0, 0.1) is 0 Å². The lowest BCUT2D eigenvalue weighted by Crippen LogP contribution is -2.42. The summed E-state index contributed by atoms with van der Waals surface area (Å²) in [6, 6.07) is 4.39. The van der Waals surface area contributed by atoms with E-state index in [1.165, 1.54) is 18.2 Å². The summed E-state index contributed by atoms with van der Waals surface area (Å²) < 4.78 is 33.0. The number of rotatable bonds is 6. The topological polar surface area (TPSA) is 93.7 Å². The zero-order valence-corrected chi connectivity index (χ0v) is 11.9. The molecule has 124 valence electrons. The molecule has 0 aliphatic heterocycles. The van der Waals surface area contributed by atoms with E-state index in [-0.39, 0.29) is 17.4 Å². The highest BCUT2D eigenvalue weighted by molar-refractivity contribution is 5.97. The maximum absolute atomic E-state index is 12.1. The predicted molar refractivity (Wildman–Crippen MR) is 73.1 cm³/mol. The van der Waals surface area contributed by atoms with Crippen LogP contribution >= 0.6 is 0 Å². The quantitative estimate of drug-likeness (QED) is 0.771. The van der Waals surface area contributed by atoms with Gasteiger partial charge >= 0.3 is 18.6 Å². The maximum Gasteiger partial charge on any atom is 0.387 e. The fourth-order valence-electron chi connectivity index (χ4n) is 1.63. The third-order valence-corrected chi connectivity index (χ3v) is 2.79. The van der Waals surface area contributed by atoms with Gasteiger partial charge in [0.2, 0.25) is 0 Å². The smallest absolute Gasteiger partial charge is 0.387 e. The third-order valence-electron chi connectivity index (χ3n) is 2.79. The van der Waals surface area contributed by atoms with Crippen molar-refractivity contribution in [1.82, 2.24) is 10.6 Å². The van der Waals surface area contributed by atoms with Crippen LogP contribution in [0.15, 0.2) is 24.3 Å². The molecule has 0 bridgehead atoms. The summed E-state index contributed by atoms with van der Waals surface area (Å²) in [5.74, 6) is -1.90. The molecule has 3 amide bonds. The SMILES string of the molecule is O=C(COC(=O)c1cccc(OC(F)F)c1)NC(=O)NC1CC1. The third kappa shape index (κ3) is 5.89. The highest BCUT2D eigenvalue weighted by atomic mass is 19.3. The first kappa shape index (κ1) is 16.7. The van der Waals surface area contributed by atoms with Crippen LogP contribution in [-0.2, 0) is 9.53 Å². The second-order valence-corrected chi connectivity index (χ2v) is 4.78. The summed E-state index contributed by atoms with van der Waals surface area (Å²) in [5.41, 5.74) is -0.0571. The number of ether oxygens (including phenoxy) is 2. The average molecular weight is 328 g/mol. The standard InChI is InChI=1S/C14H14F2N2O5/c15-13(16)23-10-3-1-2-8(6-10)12(20)22-7-11(19)18-14(21)17-9-4-5-9/h1-3,6,9,13H,4-5,7H2,(H2,17,18,19,21). The first-order valence-electron chi connectivity index (χ1n) is 6.76. The van der Waals surface area contributed by atoms with Crippen molar-refractivity contribution in [2.24, 2.45) is 0 Å². The molecule has 2 N–H and O–H groups in total. The second kappa shape index (κ2) is 7.52. The molecule has 0 aromatic heterocycles. The van der Waals surface area contributed by atoms with Gasteiger partial charge in [0.1, 0.15) is 5.75 Å². The Kier molecular flexibility index (Phi) is 5.45. The Morgan fingerprint density at radius 3 is 2.65 bits per heavy atom. The van der Waals surface area contributed by atoms with Crippen molar-refractivity contribution in [1.29, 1.82) is 0 Å². The van der Waals surface area contributed by atoms with Crippen molar-refractivity contribution in [3.63, 3.8) is 0 Å². The molecule has 0 saturated heterocycles. The molecule has 2 rings (SSSR count). The lowest BCUT2D eigenvalue weighted by molar-refractivity contribution is -0.123. The van der Waals surface area contributed by atoms with E-state index in [1.807, 2.05) is 5.32 Å². The first-order chi connectivity index (χ1) is 10.9. The largest absolute Gasteiger partial charge is 0.452 e. The van der Waals surface area contributed by atoms with Crippen LogP contribution < -0.4 is 15.4 Å². The molecular weight excluding hydrogens is 314 g/mol. The number of carbonyl (C=O) groups is 3. The van der Waals surface area contributed by atoms with Crippen molar-refractivity contribution in [2.75, 3.05) is 6.61 Å². The van der Waals surface area contributed by atoms with E-state index in [1.54, 1.807) is 0 Å². The monoisotopic (exact) mass is 328 g/mol. The van der Waals surface area contributed by atoms with E-state index in [2.05, 4.69) is 10.1 Å². The van der Waals surface area contributed by atoms with Gasteiger partial charge in [0.25, 0.3) is 5.91 Å². The van der Waals surface area contributed by atoms with E-state index in [9.17, 15) is 23.2 Å². The fourth-order valence-corrected chi connectivity index (χ4v) is 1.63. The van der Waals surface area contributed by atoms with Gasteiger partial charge in [0, 0.05) is 6.04 Å². The molecule has 1 aliphatic carbocycles. The minimum atomic E-state index is -3.02. The summed E-state index contributed by atoms with van der Waals surface area (Å²) >= 11 is 0. The van der Waals surface area contributed by atoms with Crippen molar-refractivity contribution in [3.8, 4) is 5.75 Å². The lowest BCUT2D eigenvalue weighted by atomic mass is 10.2. The second-order valence-electron chi connectivity index (χ2n) is 4.78. The molecule has 0 atom stereocenters. The number of amides is 3. The number of urea groups is 1. The number of hydrogen-bond donors (Lipinski definition) is 2. The molecular formula is C14H14F2N2O5. The van der Waals surface area contributed by atoms with E-state index in [0.717, 1.165) is 18.9 Å². The van der Waals surface area contributed by atoms with Crippen LogP contribution in [0.4, 0.5) is 13.6 Å². The highest BCUT2D eigenvalue weighted by Gasteiger charge is 2.24. The maximum atomic E-state index is 12.1. The molecule has 0 radical (unpaired) electrons. The summed E-state index contributed by atoms with van der Waals surface area (Å²) in [6.07, 6.45) is 1.74. The summed E-state index contributed by atoms with van der Waals surface area (Å²) in [4.78, 5) is 34.4. The van der Waals surface area contributed by atoms with Crippen molar-refractivity contribution >= 4 is 17.9 Å². The van der Waals surface area contributed by atoms with E-state index in [0.29, 0.717) is 0 Å². The van der Waals surface area contributed by atoms with E-state index >= 15 is 0 Å². The summed E-state index contributed by atoms with van der Waals surface area (Å²) in [7, 11) is 0. The Balaban J connectivity index is 1.79. The van der Waals surface area contributed by atoms with Gasteiger partial charge in [-0.25, -0.2) is 9.59 Å². The molecule has 9 heteroatoms. The fraction of sp³-hybridized carbons (Fsp3) is 0.357. The molecule has 1 saturated carbocycles. The van der Waals surface area contributed by atoms with Gasteiger partial charge in [-0.15, -0.1) is 0 Å². The zero-order chi connectivity index (χ0) is 16.8. The Bertz CT molecular complexity index is 605. The van der Waals surface area contributed by atoms with Gasteiger partial charge in [-0.2, -0.15) is 8.78 Å². The van der Waals surface area contributed by atoms with Gasteiger partial charge < -0.3 is 14.8 Å². The van der Waals surface area contributed by atoms with Crippen LogP contribution in [0.5, 0.6) is 5.75 Å². The molecule has 0 spiro atoms. The first-order valence-corrected chi connectivity index (χ1v) is 6.76. The molecule has 1 aliphatic rings. The Hall–Kier alpha value is -2.71. The number of hydrogen-bond acceptors (Lipinski definition) is 5. The van der Waals surface area contributed by atoms with E-state index in [4.69, 9.17) is 4.74 Å². The Labute approximate surface area is 129 Å². The van der Waals surface area contributed by atoms with Crippen LogP contribution in [0.2, 0.25) is 0 Å². The molecule has 1 aromatic carbocycles. The molecule has 7 nitrogen and oxygen atoms in total. The van der Waals surface area contributed by atoms with Gasteiger partial charge in [-0.3, -0.25) is 10.1 Å². The lowest BCUT2D eigenvalue weighted by Gasteiger charge is -2.08. The van der Waals surface area contributed by atoms with Gasteiger partial charge in [-0.1, -0.05) is 6.07 Å². The average Bonchev–Trinajstić information content (AvgIpc) is 3.28. The highest BCUT2D eigenvalue weighted by Crippen LogP contribution is 2.18. The zero-order valence-electron chi connectivity index (χ0n) is 11.9. The number of imide groups is 1. The van der Waals surface area contributed by atoms with Gasteiger partial charge in [0.15, 0.2) is 6.61 Å².